The van der Waals surface area contributed by atoms with Gasteiger partial charge in [0, 0.05) is 23.2 Å². The zero-order chi connectivity index (χ0) is 25.1. The van der Waals surface area contributed by atoms with Crippen molar-refractivity contribution in [3.05, 3.63) is 47.5 Å². The zero-order valence-corrected chi connectivity index (χ0v) is 22.1. The van der Waals surface area contributed by atoms with E-state index in [-0.39, 0.29) is 23.7 Å². The van der Waals surface area contributed by atoms with Crippen LogP contribution in [-0.4, -0.2) is 11.8 Å². The highest BCUT2D eigenvalue weighted by Crippen LogP contribution is 2.29. The maximum atomic E-state index is 12.7. The highest BCUT2D eigenvalue weighted by molar-refractivity contribution is 5.94. The lowest BCUT2D eigenvalue weighted by atomic mass is 9.97. The van der Waals surface area contributed by atoms with Crippen LogP contribution in [0.4, 0.5) is 11.4 Å². The molecule has 4 nitrogen and oxygen atoms in total. The zero-order valence-electron chi connectivity index (χ0n) is 22.1. The molecule has 0 spiro atoms. The normalized spacial score (nSPS) is 12.8. The van der Waals surface area contributed by atoms with Gasteiger partial charge >= 0.3 is 0 Å². The van der Waals surface area contributed by atoms with E-state index in [4.69, 9.17) is 0 Å². The summed E-state index contributed by atoms with van der Waals surface area (Å²) in [4.78, 5) is 25.4. The van der Waals surface area contributed by atoms with E-state index in [0.29, 0.717) is 0 Å². The summed E-state index contributed by atoms with van der Waals surface area (Å²) in [5, 5.41) is 6.27. The topological polar surface area (TPSA) is 58.2 Å². The minimum atomic E-state index is 0.0682. The van der Waals surface area contributed by atoms with Crippen LogP contribution < -0.4 is 10.6 Å². The van der Waals surface area contributed by atoms with Crippen LogP contribution in [0.25, 0.3) is 11.1 Å². The van der Waals surface area contributed by atoms with Gasteiger partial charge in [-0.05, 0) is 86.1 Å². The van der Waals surface area contributed by atoms with Crippen molar-refractivity contribution in [3.63, 3.8) is 0 Å². The summed E-state index contributed by atoms with van der Waals surface area (Å²) in [7, 11) is 0. The monoisotopic (exact) mass is 464 g/mol. The molecule has 0 aliphatic rings. The molecule has 0 heterocycles. The Morgan fingerprint density at radius 3 is 1.35 bits per heavy atom. The molecule has 0 fully saturated rings. The number of hydrogen-bond acceptors (Lipinski definition) is 2. The van der Waals surface area contributed by atoms with Crippen molar-refractivity contribution in [1.29, 1.82) is 0 Å². The van der Waals surface area contributed by atoms with Crippen LogP contribution in [0.5, 0.6) is 0 Å². The quantitative estimate of drug-likeness (QED) is 0.313. The van der Waals surface area contributed by atoms with E-state index in [0.717, 1.165) is 85.0 Å². The van der Waals surface area contributed by atoms with Crippen molar-refractivity contribution in [2.45, 2.75) is 92.9 Å². The lowest BCUT2D eigenvalue weighted by Gasteiger charge is -2.17. The summed E-state index contributed by atoms with van der Waals surface area (Å²) in [5.41, 5.74) is 6.05. The number of aryl methyl sites for hydroxylation is 2. The van der Waals surface area contributed by atoms with E-state index in [1.807, 2.05) is 26.0 Å². The van der Waals surface area contributed by atoms with Crippen LogP contribution in [0.3, 0.4) is 0 Å². The first-order valence-corrected chi connectivity index (χ1v) is 13.2. The number of hydrogen-bond donors (Lipinski definition) is 2. The van der Waals surface area contributed by atoms with E-state index >= 15 is 0 Å². The first-order valence-electron chi connectivity index (χ1n) is 13.2. The molecule has 2 amide bonds. The smallest absolute Gasteiger partial charge is 0.227 e. The second-order valence-corrected chi connectivity index (χ2v) is 9.53. The number of nitrogens with one attached hydrogen (secondary N) is 2. The van der Waals surface area contributed by atoms with Crippen molar-refractivity contribution in [2.75, 3.05) is 10.6 Å². The average molecular weight is 465 g/mol. The molecule has 34 heavy (non-hydrogen) atoms. The van der Waals surface area contributed by atoms with Crippen molar-refractivity contribution in [1.82, 2.24) is 0 Å². The van der Waals surface area contributed by atoms with Crippen LogP contribution >= 0.6 is 0 Å². The molecule has 4 heteroatoms. The van der Waals surface area contributed by atoms with Crippen LogP contribution in [-0.2, 0) is 9.59 Å². The van der Waals surface area contributed by atoms with E-state index in [1.54, 1.807) is 0 Å². The summed E-state index contributed by atoms with van der Waals surface area (Å²) in [6.07, 6.45) is 7.99. The molecule has 2 rings (SSSR count). The van der Waals surface area contributed by atoms with E-state index in [2.05, 4.69) is 62.6 Å². The van der Waals surface area contributed by atoms with E-state index in [1.165, 1.54) is 0 Å². The van der Waals surface area contributed by atoms with Crippen molar-refractivity contribution in [2.24, 2.45) is 11.8 Å². The molecule has 0 radical (unpaired) electrons. The molecule has 0 saturated carbocycles. The number of carbonyl (C=O) groups excluding carboxylic acids is 2. The minimum Gasteiger partial charge on any atom is -0.326 e. The second-order valence-electron chi connectivity index (χ2n) is 9.53. The highest BCUT2D eigenvalue weighted by atomic mass is 16.2. The maximum Gasteiger partial charge on any atom is 0.227 e. The number of anilines is 2. The Balaban J connectivity index is 2.12. The Hall–Kier alpha value is -2.62. The Morgan fingerprint density at radius 1 is 0.676 bits per heavy atom. The van der Waals surface area contributed by atoms with Gasteiger partial charge in [-0.25, -0.2) is 0 Å². The lowest BCUT2D eigenvalue weighted by Crippen LogP contribution is -2.22. The average Bonchev–Trinajstić information content (AvgIpc) is 2.82. The molecular weight excluding hydrogens is 420 g/mol. The standard InChI is InChI=1S/C30H44N2O2/c1-7-11-13-23(9-3)29(33)31-27-17-15-25(19-21(27)5)26-16-18-28(22(6)20-26)32-30(34)24(10-4)14-12-8-2/h15-20,23-24H,7-14H2,1-6H3,(H,31,33)(H,32,34). The third-order valence-corrected chi connectivity index (χ3v) is 6.84. The first kappa shape index (κ1) is 27.6. The van der Waals surface area contributed by atoms with Gasteiger partial charge in [0.2, 0.25) is 11.8 Å². The third kappa shape index (κ3) is 7.72. The van der Waals surface area contributed by atoms with Crippen LogP contribution in [0.15, 0.2) is 36.4 Å². The summed E-state index contributed by atoms with van der Waals surface area (Å²) < 4.78 is 0. The summed E-state index contributed by atoms with van der Waals surface area (Å²) in [5.74, 6) is 0.372. The SMILES string of the molecule is CCCCC(CC)C(=O)Nc1ccc(-c2ccc(NC(=O)C(CC)CCCC)c(C)c2)cc1C. The summed E-state index contributed by atoms with van der Waals surface area (Å²) in [6.45, 7) is 12.6. The number of rotatable bonds is 13. The molecule has 0 aliphatic heterocycles. The molecule has 0 saturated heterocycles. The van der Waals surface area contributed by atoms with Crippen molar-refractivity contribution in [3.8, 4) is 11.1 Å². The van der Waals surface area contributed by atoms with Crippen LogP contribution in [0, 0.1) is 25.7 Å². The van der Waals surface area contributed by atoms with Gasteiger partial charge in [-0.3, -0.25) is 9.59 Å². The number of benzene rings is 2. The minimum absolute atomic E-state index is 0.0682. The molecule has 0 aromatic heterocycles. The molecule has 2 aromatic rings. The fraction of sp³-hybridized carbons (Fsp3) is 0.533. The van der Waals surface area contributed by atoms with Crippen LogP contribution in [0.1, 0.15) is 90.2 Å². The molecule has 2 aromatic carbocycles. The predicted octanol–water partition coefficient (Wildman–Crippen LogP) is 8.28. The van der Waals surface area contributed by atoms with E-state index < -0.39 is 0 Å². The number of unbranched alkanes of at least 4 members (excludes halogenated alkanes) is 2. The van der Waals surface area contributed by atoms with Gasteiger partial charge in [0.25, 0.3) is 0 Å². The fourth-order valence-electron chi connectivity index (χ4n) is 4.38. The van der Waals surface area contributed by atoms with E-state index in [9.17, 15) is 9.59 Å². The van der Waals surface area contributed by atoms with Gasteiger partial charge in [0.15, 0.2) is 0 Å². The van der Waals surface area contributed by atoms with Crippen molar-refractivity contribution < 1.29 is 9.59 Å². The van der Waals surface area contributed by atoms with Gasteiger partial charge < -0.3 is 10.6 Å². The Kier molecular flexibility index (Phi) is 11.3. The molecule has 186 valence electrons. The van der Waals surface area contributed by atoms with Gasteiger partial charge in [0.1, 0.15) is 0 Å². The Bertz CT molecular complexity index is 873. The van der Waals surface area contributed by atoms with Gasteiger partial charge in [-0.15, -0.1) is 0 Å². The van der Waals surface area contributed by atoms with Crippen LogP contribution in [0.2, 0.25) is 0 Å². The Morgan fingerprint density at radius 2 is 1.06 bits per heavy atom. The largest absolute Gasteiger partial charge is 0.326 e. The maximum absolute atomic E-state index is 12.7. The van der Waals surface area contributed by atoms with Gasteiger partial charge in [-0.2, -0.15) is 0 Å². The first-order chi connectivity index (χ1) is 16.3. The highest BCUT2D eigenvalue weighted by Gasteiger charge is 2.18. The number of carbonyl (C=O) groups is 2. The molecule has 0 bridgehead atoms. The second kappa shape index (κ2) is 13.9. The fourth-order valence-corrected chi connectivity index (χ4v) is 4.38. The number of amides is 2. The van der Waals surface area contributed by atoms with Gasteiger partial charge in [0.05, 0.1) is 0 Å². The van der Waals surface area contributed by atoms with Gasteiger partial charge in [-0.1, -0.05) is 65.5 Å². The predicted molar refractivity (Wildman–Crippen MR) is 145 cm³/mol. The molecule has 2 N–H and O–H groups in total. The molecule has 0 aliphatic carbocycles. The summed E-state index contributed by atoms with van der Waals surface area (Å²) in [6, 6.07) is 12.3. The lowest BCUT2D eigenvalue weighted by molar-refractivity contribution is -0.121. The molecule has 2 unspecified atom stereocenters. The molecule has 2 atom stereocenters. The molecular formula is C30H44N2O2. The Labute approximate surface area is 206 Å². The summed E-state index contributed by atoms with van der Waals surface area (Å²) >= 11 is 0. The third-order valence-electron chi connectivity index (χ3n) is 6.84. The van der Waals surface area contributed by atoms with Crippen molar-refractivity contribution >= 4 is 23.2 Å².